The minimum absolute atomic E-state index is 0.193. The summed E-state index contributed by atoms with van der Waals surface area (Å²) in [6.07, 6.45) is -2.27. The topological polar surface area (TPSA) is 87.5 Å². The smallest absolute Gasteiger partial charge is 0.417 e. The molecule has 1 aromatic heterocycles. The number of rotatable bonds is 7. The standard InChI is InChI=1S/C32H31F3N4O3/c1-3-21-8-4-5-9-26(21)37-29(40)24-12-10-22(11-13-24)23-14-16-25(17-15-23)36-30(41)27-28(32(33,34)35)38-31(42-27)39-18-6-7-20(2)19-39/h4-5,8-17,20H,3,6-7,18-19H2,1-2H3,(H,36,41)(H,37,40). The Balaban J connectivity index is 1.27. The molecule has 0 spiro atoms. The van der Waals surface area contributed by atoms with Crippen molar-refractivity contribution in [3.63, 3.8) is 0 Å². The first kappa shape index (κ1) is 28.9. The van der Waals surface area contributed by atoms with Crippen molar-refractivity contribution >= 4 is 29.2 Å². The molecule has 7 nitrogen and oxygen atoms in total. The number of para-hydroxylation sites is 1. The van der Waals surface area contributed by atoms with Crippen LogP contribution in [0.3, 0.4) is 0 Å². The molecule has 2 heterocycles. The fraction of sp³-hybridized carbons (Fsp3) is 0.281. The lowest BCUT2D eigenvalue weighted by atomic mass is 10.0. The van der Waals surface area contributed by atoms with Crippen molar-refractivity contribution in [1.82, 2.24) is 4.98 Å². The number of halogens is 3. The number of anilines is 3. The molecule has 42 heavy (non-hydrogen) atoms. The Hall–Kier alpha value is -4.60. The van der Waals surface area contributed by atoms with Crippen molar-refractivity contribution < 1.29 is 27.2 Å². The summed E-state index contributed by atoms with van der Waals surface area (Å²) < 4.78 is 46.5. The molecule has 10 heteroatoms. The number of aromatic nitrogens is 1. The van der Waals surface area contributed by atoms with Crippen molar-refractivity contribution in [3.8, 4) is 11.1 Å². The van der Waals surface area contributed by atoms with Gasteiger partial charge >= 0.3 is 6.18 Å². The van der Waals surface area contributed by atoms with Gasteiger partial charge in [0.05, 0.1) is 0 Å². The molecule has 0 saturated carbocycles. The summed E-state index contributed by atoms with van der Waals surface area (Å²) in [5, 5.41) is 5.43. The normalized spacial score (nSPS) is 15.4. The number of nitrogens with one attached hydrogen (secondary N) is 2. The fourth-order valence-electron chi connectivity index (χ4n) is 5.05. The number of carbonyl (C=O) groups excluding carboxylic acids is 2. The van der Waals surface area contributed by atoms with Crippen LogP contribution in [0.25, 0.3) is 11.1 Å². The first-order valence-electron chi connectivity index (χ1n) is 13.9. The van der Waals surface area contributed by atoms with Gasteiger partial charge in [0, 0.05) is 30.0 Å². The van der Waals surface area contributed by atoms with Crippen molar-refractivity contribution in [1.29, 1.82) is 0 Å². The number of hydrogen-bond acceptors (Lipinski definition) is 5. The Morgan fingerprint density at radius 1 is 0.952 bits per heavy atom. The molecule has 1 atom stereocenters. The fourth-order valence-corrected chi connectivity index (χ4v) is 5.05. The number of alkyl halides is 3. The van der Waals surface area contributed by atoms with Crippen molar-refractivity contribution in [2.75, 3.05) is 28.6 Å². The van der Waals surface area contributed by atoms with E-state index in [0.29, 0.717) is 24.3 Å². The molecule has 0 bridgehead atoms. The van der Waals surface area contributed by atoms with E-state index >= 15 is 0 Å². The van der Waals surface area contributed by atoms with Crippen LogP contribution in [0.5, 0.6) is 0 Å². The van der Waals surface area contributed by atoms with Gasteiger partial charge in [0.15, 0.2) is 5.69 Å². The minimum Gasteiger partial charge on any atom is -0.417 e. The van der Waals surface area contributed by atoms with Gasteiger partial charge < -0.3 is 20.0 Å². The van der Waals surface area contributed by atoms with Crippen LogP contribution in [0.1, 0.15) is 58.9 Å². The first-order valence-corrected chi connectivity index (χ1v) is 13.9. The zero-order valence-corrected chi connectivity index (χ0v) is 23.3. The monoisotopic (exact) mass is 576 g/mol. The van der Waals surface area contributed by atoms with Gasteiger partial charge in [-0.15, -0.1) is 0 Å². The molecule has 2 N–H and O–H groups in total. The second-order valence-electron chi connectivity index (χ2n) is 10.4. The highest BCUT2D eigenvalue weighted by Crippen LogP contribution is 2.35. The van der Waals surface area contributed by atoms with Gasteiger partial charge in [0.1, 0.15) is 0 Å². The molecule has 1 aliphatic heterocycles. The Labute approximate surface area is 241 Å². The molecule has 0 aliphatic carbocycles. The SMILES string of the molecule is CCc1ccccc1NC(=O)c1ccc(-c2ccc(NC(=O)c3oc(N4CCCC(C)C4)nc3C(F)(F)F)cc2)cc1. The summed E-state index contributed by atoms with van der Waals surface area (Å²) >= 11 is 0. The molecule has 5 rings (SSSR count). The maximum atomic E-state index is 13.7. The van der Waals surface area contributed by atoms with E-state index in [1.165, 1.54) is 0 Å². The van der Waals surface area contributed by atoms with E-state index in [0.717, 1.165) is 41.6 Å². The highest BCUT2D eigenvalue weighted by Gasteiger charge is 2.42. The number of carbonyl (C=O) groups is 2. The van der Waals surface area contributed by atoms with Crippen molar-refractivity contribution in [3.05, 3.63) is 95.4 Å². The van der Waals surface area contributed by atoms with E-state index in [2.05, 4.69) is 15.6 Å². The molecule has 2 amide bonds. The van der Waals surface area contributed by atoms with E-state index in [1.807, 2.05) is 38.1 Å². The third-order valence-electron chi connectivity index (χ3n) is 7.29. The zero-order valence-electron chi connectivity index (χ0n) is 23.3. The Morgan fingerprint density at radius 2 is 1.62 bits per heavy atom. The van der Waals surface area contributed by atoms with Crippen LogP contribution in [0, 0.1) is 5.92 Å². The van der Waals surface area contributed by atoms with Gasteiger partial charge in [-0.05, 0) is 72.2 Å². The van der Waals surface area contributed by atoms with Gasteiger partial charge in [-0.2, -0.15) is 18.2 Å². The molecule has 1 aliphatic rings. The van der Waals surface area contributed by atoms with Crippen LogP contribution in [0.4, 0.5) is 30.6 Å². The average Bonchev–Trinajstić information content (AvgIpc) is 3.45. The van der Waals surface area contributed by atoms with Gasteiger partial charge in [-0.1, -0.05) is 56.3 Å². The number of amides is 2. The van der Waals surface area contributed by atoms with Crippen LogP contribution in [-0.4, -0.2) is 29.9 Å². The molecule has 4 aromatic rings. The van der Waals surface area contributed by atoms with Gasteiger partial charge in [-0.25, -0.2) is 0 Å². The van der Waals surface area contributed by atoms with Crippen molar-refractivity contribution in [2.45, 2.75) is 39.3 Å². The van der Waals surface area contributed by atoms with Crippen LogP contribution in [0.15, 0.2) is 77.2 Å². The van der Waals surface area contributed by atoms with E-state index in [4.69, 9.17) is 4.42 Å². The predicted molar refractivity (Wildman–Crippen MR) is 156 cm³/mol. The lowest BCUT2D eigenvalue weighted by Crippen LogP contribution is -2.34. The summed E-state index contributed by atoms with van der Waals surface area (Å²) in [4.78, 5) is 30.9. The maximum Gasteiger partial charge on any atom is 0.437 e. The summed E-state index contributed by atoms with van der Waals surface area (Å²) in [5.41, 5.74) is 2.90. The van der Waals surface area contributed by atoms with Gasteiger partial charge in [0.2, 0.25) is 5.76 Å². The Kier molecular flexibility index (Phi) is 8.33. The largest absolute Gasteiger partial charge is 0.437 e. The lowest BCUT2D eigenvalue weighted by Gasteiger charge is -2.29. The number of aryl methyl sites for hydroxylation is 1. The maximum absolute atomic E-state index is 13.7. The van der Waals surface area contributed by atoms with Crippen LogP contribution in [-0.2, 0) is 12.6 Å². The average molecular weight is 577 g/mol. The first-order chi connectivity index (χ1) is 20.1. The van der Waals surface area contributed by atoms with Crippen LogP contribution >= 0.6 is 0 Å². The number of oxazole rings is 1. The molecule has 1 fully saturated rings. The second kappa shape index (κ2) is 12.1. The summed E-state index contributed by atoms with van der Waals surface area (Å²) in [6, 6.07) is 21.1. The molecule has 1 saturated heterocycles. The quantitative estimate of drug-likeness (QED) is 0.236. The number of piperidine rings is 1. The predicted octanol–water partition coefficient (Wildman–Crippen LogP) is 7.66. The highest BCUT2D eigenvalue weighted by molar-refractivity contribution is 6.05. The Morgan fingerprint density at radius 3 is 2.26 bits per heavy atom. The van der Waals surface area contributed by atoms with Gasteiger partial charge in [-0.3, -0.25) is 9.59 Å². The molecule has 0 radical (unpaired) electrons. The number of nitrogens with zero attached hydrogens (tertiary/aromatic N) is 2. The summed E-state index contributed by atoms with van der Waals surface area (Å²) in [6.45, 7) is 5.06. The highest BCUT2D eigenvalue weighted by atomic mass is 19.4. The van der Waals surface area contributed by atoms with Crippen molar-refractivity contribution in [2.24, 2.45) is 5.92 Å². The minimum atomic E-state index is -4.85. The van der Waals surface area contributed by atoms with E-state index < -0.39 is 23.5 Å². The van der Waals surface area contributed by atoms with Crippen LogP contribution in [0.2, 0.25) is 0 Å². The zero-order chi connectivity index (χ0) is 29.9. The van der Waals surface area contributed by atoms with E-state index in [-0.39, 0.29) is 17.8 Å². The summed E-state index contributed by atoms with van der Waals surface area (Å²) in [7, 11) is 0. The molecule has 1 unspecified atom stereocenters. The van der Waals surface area contributed by atoms with Gasteiger partial charge in [0.25, 0.3) is 17.8 Å². The molecule has 3 aromatic carbocycles. The molecular weight excluding hydrogens is 545 g/mol. The third kappa shape index (κ3) is 6.48. The van der Waals surface area contributed by atoms with E-state index in [1.54, 1.807) is 53.4 Å². The number of hydrogen-bond donors (Lipinski definition) is 2. The summed E-state index contributed by atoms with van der Waals surface area (Å²) in [5.74, 6) is -1.83. The molecular formula is C32H31F3N4O3. The van der Waals surface area contributed by atoms with Crippen LogP contribution < -0.4 is 15.5 Å². The third-order valence-corrected chi connectivity index (χ3v) is 7.29. The Bertz CT molecular complexity index is 1560. The molecule has 218 valence electrons. The number of benzene rings is 3. The second-order valence-corrected chi connectivity index (χ2v) is 10.4. The van der Waals surface area contributed by atoms with E-state index in [9.17, 15) is 22.8 Å². The lowest BCUT2D eigenvalue weighted by molar-refractivity contribution is -0.141.